The molecule has 170 valence electrons. The highest BCUT2D eigenvalue weighted by Crippen LogP contribution is 2.45. The highest BCUT2D eigenvalue weighted by molar-refractivity contribution is 5.92. The van der Waals surface area contributed by atoms with E-state index in [9.17, 15) is 18.0 Å². The molecule has 2 saturated heterocycles. The molecule has 0 unspecified atom stereocenters. The number of hydrogen-bond acceptors (Lipinski definition) is 5. The van der Waals surface area contributed by atoms with E-state index in [0.29, 0.717) is 50.6 Å². The third-order valence-electron chi connectivity index (χ3n) is 6.69. The molecule has 1 aromatic carbocycles. The molecular weight excluding hydrogens is 423 g/mol. The normalized spacial score (nSPS) is 23.2. The summed E-state index contributed by atoms with van der Waals surface area (Å²) in [6.07, 6.45) is -2.34. The van der Waals surface area contributed by atoms with Crippen LogP contribution in [0, 0.1) is 22.7 Å². The topological polar surface area (TPSA) is 74.4 Å². The fraction of sp³-hybridized carbons (Fsp3) is 0.500. The first-order chi connectivity index (χ1) is 15.2. The molecule has 2 fully saturated rings. The van der Waals surface area contributed by atoms with Crippen molar-refractivity contribution in [2.45, 2.75) is 12.6 Å². The molecule has 0 radical (unpaired) electrons. The molecule has 0 saturated carbocycles. The highest BCUT2D eigenvalue weighted by Gasteiger charge is 2.51. The van der Waals surface area contributed by atoms with Crippen LogP contribution in [0.3, 0.4) is 0 Å². The number of benzene rings is 1. The second kappa shape index (κ2) is 8.13. The molecular formula is C22H24F3N5O2. The fourth-order valence-electron chi connectivity index (χ4n) is 5.00. The Balaban J connectivity index is 1.59. The molecule has 10 heteroatoms. The van der Waals surface area contributed by atoms with E-state index in [4.69, 9.17) is 10.00 Å². The van der Waals surface area contributed by atoms with E-state index in [1.54, 1.807) is 43.5 Å². The summed E-state index contributed by atoms with van der Waals surface area (Å²) in [7, 11) is 3.34. The minimum absolute atomic E-state index is 0.0401. The molecule has 4 rings (SSSR count). The van der Waals surface area contributed by atoms with Gasteiger partial charge in [0.2, 0.25) is 0 Å². The maximum atomic E-state index is 13.4. The van der Waals surface area contributed by atoms with Gasteiger partial charge in [-0.1, -0.05) is 0 Å². The first-order valence-corrected chi connectivity index (χ1v) is 10.3. The number of anilines is 1. The number of carbonyl (C=O) groups excluding carboxylic acids is 1. The Morgan fingerprint density at radius 2 is 2.12 bits per heavy atom. The average molecular weight is 447 g/mol. The Morgan fingerprint density at radius 3 is 2.75 bits per heavy atom. The van der Waals surface area contributed by atoms with Crippen molar-refractivity contribution in [2.75, 3.05) is 44.8 Å². The molecule has 0 aliphatic carbocycles. The van der Waals surface area contributed by atoms with Crippen molar-refractivity contribution in [3.8, 4) is 6.07 Å². The van der Waals surface area contributed by atoms with Crippen molar-refractivity contribution in [1.29, 1.82) is 5.26 Å². The van der Waals surface area contributed by atoms with Crippen LogP contribution in [0.5, 0.6) is 0 Å². The molecule has 7 nitrogen and oxygen atoms in total. The number of fused-ring (bicyclic) bond motifs is 1. The van der Waals surface area contributed by atoms with Crippen molar-refractivity contribution in [3.63, 3.8) is 0 Å². The Bertz CT molecular complexity index is 1060. The number of aromatic nitrogens is 2. The van der Waals surface area contributed by atoms with E-state index in [2.05, 4.69) is 5.10 Å². The van der Waals surface area contributed by atoms with Crippen molar-refractivity contribution in [1.82, 2.24) is 14.7 Å². The van der Waals surface area contributed by atoms with Gasteiger partial charge in [0, 0.05) is 63.6 Å². The quantitative estimate of drug-likeness (QED) is 0.721. The second-order valence-electron chi connectivity index (χ2n) is 8.55. The van der Waals surface area contributed by atoms with E-state index >= 15 is 0 Å². The lowest BCUT2D eigenvalue weighted by Gasteiger charge is -2.44. The molecule has 2 aromatic rings. The lowest BCUT2D eigenvalue weighted by Crippen LogP contribution is -2.49. The number of hydrogen-bond donors (Lipinski definition) is 0. The van der Waals surface area contributed by atoms with Gasteiger partial charge in [-0.25, -0.2) is 0 Å². The second-order valence-corrected chi connectivity index (χ2v) is 8.55. The maximum Gasteiger partial charge on any atom is 0.417 e. The number of nitrogens with zero attached hydrogens (tertiary/aromatic N) is 5. The van der Waals surface area contributed by atoms with Crippen molar-refractivity contribution >= 4 is 11.6 Å². The Hall–Kier alpha value is -3.06. The molecule has 1 amide bonds. The van der Waals surface area contributed by atoms with Gasteiger partial charge in [0.25, 0.3) is 5.91 Å². The molecule has 2 aliphatic heterocycles. The summed E-state index contributed by atoms with van der Waals surface area (Å²) in [5.41, 5.74) is -0.640. The number of piperidine rings is 1. The van der Waals surface area contributed by atoms with E-state index in [0.717, 1.165) is 6.07 Å². The number of rotatable bonds is 4. The van der Waals surface area contributed by atoms with Crippen LogP contribution in [-0.4, -0.2) is 60.5 Å². The molecule has 0 bridgehead atoms. The van der Waals surface area contributed by atoms with Gasteiger partial charge in [0.15, 0.2) is 0 Å². The van der Waals surface area contributed by atoms with Crippen molar-refractivity contribution in [3.05, 3.63) is 47.3 Å². The number of nitriles is 1. The molecule has 2 atom stereocenters. The van der Waals surface area contributed by atoms with Crippen LogP contribution in [0.2, 0.25) is 0 Å². The smallest absolute Gasteiger partial charge is 0.384 e. The summed E-state index contributed by atoms with van der Waals surface area (Å²) in [4.78, 5) is 16.8. The zero-order chi connectivity index (χ0) is 23.1. The van der Waals surface area contributed by atoms with Gasteiger partial charge < -0.3 is 14.5 Å². The summed E-state index contributed by atoms with van der Waals surface area (Å²) in [5, 5.41) is 13.1. The van der Waals surface area contributed by atoms with E-state index in [1.807, 2.05) is 4.90 Å². The minimum Gasteiger partial charge on any atom is -0.384 e. The number of ether oxygens (including phenoxy) is 1. The molecule has 32 heavy (non-hydrogen) atoms. The molecule has 1 aromatic heterocycles. The largest absolute Gasteiger partial charge is 0.417 e. The summed E-state index contributed by atoms with van der Waals surface area (Å²) >= 11 is 0. The zero-order valence-corrected chi connectivity index (χ0v) is 17.9. The van der Waals surface area contributed by atoms with Crippen LogP contribution in [0.25, 0.3) is 0 Å². The SMILES string of the molecule is COC[C@@]12CCN(c3ccc(C#N)c(C(F)(F)F)c3)C[C@@H]1CN(C(=O)c1ccnn1C)C2. The Labute approximate surface area is 184 Å². The van der Waals surface area contributed by atoms with E-state index < -0.39 is 11.7 Å². The third-order valence-corrected chi connectivity index (χ3v) is 6.69. The summed E-state index contributed by atoms with van der Waals surface area (Å²) in [5.74, 6) is -0.0717. The van der Waals surface area contributed by atoms with Gasteiger partial charge in [-0.3, -0.25) is 9.48 Å². The van der Waals surface area contributed by atoms with Gasteiger partial charge in [-0.15, -0.1) is 0 Å². The first kappa shape index (κ1) is 22.1. The van der Waals surface area contributed by atoms with Gasteiger partial charge >= 0.3 is 6.18 Å². The van der Waals surface area contributed by atoms with E-state index in [1.165, 1.54) is 10.7 Å². The molecule has 2 aliphatic rings. The van der Waals surface area contributed by atoms with Crippen LogP contribution in [0.15, 0.2) is 30.5 Å². The summed E-state index contributed by atoms with van der Waals surface area (Å²) in [6, 6.07) is 7.13. The van der Waals surface area contributed by atoms with Crippen LogP contribution >= 0.6 is 0 Å². The monoisotopic (exact) mass is 447 g/mol. The van der Waals surface area contributed by atoms with Gasteiger partial charge in [-0.2, -0.15) is 23.5 Å². The highest BCUT2D eigenvalue weighted by atomic mass is 19.4. The van der Waals surface area contributed by atoms with Crippen molar-refractivity contribution in [2.24, 2.45) is 18.4 Å². The van der Waals surface area contributed by atoms with Gasteiger partial charge in [0.1, 0.15) is 5.69 Å². The number of amides is 1. The fourth-order valence-corrected chi connectivity index (χ4v) is 5.00. The average Bonchev–Trinajstić information content (AvgIpc) is 3.35. The Kier molecular flexibility index (Phi) is 5.63. The third kappa shape index (κ3) is 3.81. The van der Waals surface area contributed by atoms with Crippen LogP contribution in [0.4, 0.5) is 18.9 Å². The predicted octanol–water partition coefficient (Wildman–Crippen LogP) is 2.93. The van der Waals surface area contributed by atoms with Gasteiger partial charge in [0.05, 0.1) is 23.8 Å². The number of methoxy groups -OCH3 is 1. The number of likely N-dealkylation sites (tertiary alicyclic amines) is 1. The number of aryl methyl sites for hydroxylation is 1. The first-order valence-electron chi connectivity index (χ1n) is 10.3. The number of carbonyl (C=O) groups is 1. The summed E-state index contributed by atoms with van der Waals surface area (Å²) in [6.45, 7) is 2.54. The summed E-state index contributed by atoms with van der Waals surface area (Å²) < 4.78 is 47.3. The van der Waals surface area contributed by atoms with Gasteiger partial charge in [-0.05, 0) is 30.7 Å². The van der Waals surface area contributed by atoms with Crippen LogP contribution in [-0.2, 0) is 18.0 Å². The lowest BCUT2D eigenvalue weighted by molar-refractivity contribution is -0.137. The minimum atomic E-state index is -4.60. The lowest BCUT2D eigenvalue weighted by atomic mass is 9.73. The Morgan fingerprint density at radius 1 is 1.34 bits per heavy atom. The van der Waals surface area contributed by atoms with Crippen LogP contribution in [0.1, 0.15) is 28.0 Å². The molecule has 3 heterocycles. The number of halogens is 3. The maximum absolute atomic E-state index is 13.4. The standard InChI is InChI=1S/C22H24F3N5O2/c1-28-19(5-7-27-28)20(31)30-12-16-11-29(8-6-21(16,13-30)14-32-2)17-4-3-15(10-26)18(9-17)22(23,24)25/h3-5,7,9,16H,6,8,11-14H2,1-2H3/t16-,21+/m1/s1. The number of alkyl halides is 3. The zero-order valence-electron chi connectivity index (χ0n) is 17.9. The van der Waals surface area contributed by atoms with Crippen molar-refractivity contribution < 1.29 is 22.7 Å². The predicted molar refractivity (Wildman–Crippen MR) is 110 cm³/mol. The van der Waals surface area contributed by atoms with E-state index in [-0.39, 0.29) is 22.8 Å². The van der Waals surface area contributed by atoms with Crippen LogP contribution < -0.4 is 4.90 Å². The molecule has 0 spiro atoms. The molecule has 0 N–H and O–H groups in total.